The zero-order chi connectivity index (χ0) is 15.7. The van der Waals surface area contributed by atoms with E-state index in [1.165, 1.54) is 11.8 Å². The van der Waals surface area contributed by atoms with Crippen molar-refractivity contribution in [3.63, 3.8) is 0 Å². The summed E-state index contributed by atoms with van der Waals surface area (Å²) in [6.07, 6.45) is 2.17. The molecule has 0 bridgehead atoms. The smallest absolute Gasteiger partial charge is 0.233 e. The number of hydrogen-bond acceptors (Lipinski definition) is 5. The molecule has 1 atom stereocenters. The Kier molecular flexibility index (Phi) is 4.15. The lowest BCUT2D eigenvalue weighted by atomic mass is 10.1. The van der Waals surface area contributed by atoms with Gasteiger partial charge in [0.25, 0.3) is 0 Å². The number of hydrogen-bond donors (Lipinski definition) is 1. The molecule has 6 nitrogen and oxygen atoms in total. The molecule has 1 saturated carbocycles. The molecule has 3 rings (SSSR count). The first kappa shape index (κ1) is 15.0. The van der Waals surface area contributed by atoms with Crippen molar-refractivity contribution in [1.29, 1.82) is 0 Å². The van der Waals surface area contributed by atoms with Crippen molar-refractivity contribution in [3.05, 3.63) is 29.3 Å². The summed E-state index contributed by atoms with van der Waals surface area (Å²) in [6, 6.07) is 6.44. The standard InChI is InChI=1S/C15H19N5OS/c1-9-5-4-6-10(2)13(9)20-15(17-18-19-20)22-11(3)14(21)16-12-7-8-12/h4-6,11-12H,7-8H2,1-3H3,(H,16,21)/t11-/m1/s1. The second-order valence-electron chi connectivity index (χ2n) is 5.66. The van der Waals surface area contributed by atoms with Crippen LogP contribution in [0, 0.1) is 13.8 Å². The van der Waals surface area contributed by atoms with Crippen LogP contribution < -0.4 is 5.32 Å². The minimum atomic E-state index is -0.227. The Balaban J connectivity index is 1.81. The molecular weight excluding hydrogens is 298 g/mol. The molecule has 22 heavy (non-hydrogen) atoms. The summed E-state index contributed by atoms with van der Waals surface area (Å²) in [5, 5.41) is 15.4. The van der Waals surface area contributed by atoms with E-state index in [0.717, 1.165) is 29.7 Å². The number of carbonyl (C=O) groups excluding carboxylic acids is 1. The first-order valence-corrected chi connectivity index (χ1v) is 8.26. The summed E-state index contributed by atoms with van der Waals surface area (Å²) in [4.78, 5) is 12.1. The predicted octanol–water partition coefficient (Wildman–Crippen LogP) is 2.04. The van der Waals surface area contributed by atoms with Gasteiger partial charge >= 0.3 is 0 Å². The fourth-order valence-electron chi connectivity index (χ4n) is 2.29. The van der Waals surface area contributed by atoms with Crippen LogP contribution in [0.3, 0.4) is 0 Å². The molecule has 0 saturated heterocycles. The fraction of sp³-hybridized carbons (Fsp3) is 0.467. The second kappa shape index (κ2) is 6.08. The normalized spacial score (nSPS) is 15.6. The molecule has 7 heteroatoms. The van der Waals surface area contributed by atoms with Crippen LogP contribution in [0.15, 0.2) is 23.4 Å². The Morgan fingerprint density at radius 2 is 2.05 bits per heavy atom. The Morgan fingerprint density at radius 1 is 1.36 bits per heavy atom. The van der Waals surface area contributed by atoms with Crippen LogP contribution in [0.4, 0.5) is 0 Å². The lowest BCUT2D eigenvalue weighted by Gasteiger charge is -2.13. The summed E-state index contributed by atoms with van der Waals surface area (Å²) in [7, 11) is 0. The molecule has 1 aromatic heterocycles. The average molecular weight is 317 g/mol. The maximum atomic E-state index is 12.1. The third-order valence-electron chi connectivity index (χ3n) is 3.67. The molecular formula is C15H19N5OS. The number of para-hydroxylation sites is 1. The molecule has 1 heterocycles. The van der Waals surface area contributed by atoms with E-state index in [1.807, 2.05) is 39.0 Å². The lowest BCUT2D eigenvalue weighted by Crippen LogP contribution is -2.32. The highest BCUT2D eigenvalue weighted by molar-refractivity contribution is 8.00. The number of amides is 1. The van der Waals surface area contributed by atoms with Crippen molar-refractivity contribution >= 4 is 17.7 Å². The molecule has 1 N–H and O–H groups in total. The maximum absolute atomic E-state index is 12.1. The summed E-state index contributed by atoms with van der Waals surface area (Å²) in [6.45, 7) is 5.94. The van der Waals surface area contributed by atoms with Crippen LogP contribution >= 0.6 is 11.8 Å². The van der Waals surface area contributed by atoms with Crippen molar-refractivity contribution in [1.82, 2.24) is 25.5 Å². The number of aromatic nitrogens is 4. The van der Waals surface area contributed by atoms with Crippen molar-refractivity contribution in [2.45, 2.75) is 50.1 Å². The van der Waals surface area contributed by atoms with Crippen molar-refractivity contribution in [3.8, 4) is 5.69 Å². The Bertz CT molecular complexity index is 675. The van der Waals surface area contributed by atoms with E-state index in [9.17, 15) is 4.79 Å². The number of nitrogens with one attached hydrogen (secondary N) is 1. The summed E-state index contributed by atoms with van der Waals surface area (Å²) in [5.74, 6) is 0.0450. The fourth-order valence-corrected chi connectivity index (χ4v) is 3.09. The van der Waals surface area contributed by atoms with Gasteiger partial charge in [-0.15, -0.1) is 5.10 Å². The van der Waals surface area contributed by atoms with Gasteiger partial charge in [0.1, 0.15) is 0 Å². The summed E-state index contributed by atoms with van der Waals surface area (Å²) >= 11 is 1.38. The van der Waals surface area contributed by atoms with Gasteiger partial charge in [-0.25, -0.2) is 0 Å². The quantitative estimate of drug-likeness (QED) is 0.854. The van der Waals surface area contributed by atoms with Gasteiger partial charge < -0.3 is 5.32 Å². The highest BCUT2D eigenvalue weighted by Gasteiger charge is 2.27. The average Bonchev–Trinajstić information content (AvgIpc) is 3.17. The number of tetrazole rings is 1. The molecule has 2 aromatic rings. The van der Waals surface area contributed by atoms with E-state index in [1.54, 1.807) is 4.68 Å². The zero-order valence-electron chi connectivity index (χ0n) is 12.9. The summed E-state index contributed by atoms with van der Waals surface area (Å²) < 4.78 is 1.72. The number of aryl methyl sites for hydroxylation is 2. The van der Waals surface area contributed by atoms with Crippen molar-refractivity contribution in [2.75, 3.05) is 0 Å². The highest BCUT2D eigenvalue weighted by Crippen LogP contribution is 2.27. The van der Waals surface area contributed by atoms with Crippen LogP contribution in [-0.4, -0.2) is 37.4 Å². The minimum absolute atomic E-state index is 0.0450. The van der Waals surface area contributed by atoms with Crippen molar-refractivity contribution in [2.24, 2.45) is 0 Å². The van der Waals surface area contributed by atoms with Gasteiger partial charge in [-0.1, -0.05) is 30.0 Å². The first-order valence-electron chi connectivity index (χ1n) is 7.38. The van der Waals surface area contributed by atoms with Crippen LogP contribution in [0.1, 0.15) is 30.9 Å². The largest absolute Gasteiger partial charge is 0.352 e. The number of carbonyl (C=O) groups is 1. The molecule has 116 valence electrons. The van der Waals surface area contributed by atoms with E-state index >= 15 is 0 Å². The first-order chi connectivity index (χ1) is 10.6. The molecule has 1 aromatic carbocycles. The van der Waals surface area contributed by atoms with Gasteiger partial charge in [-0.2, -0.15) is 4.68 Å². The zero-order valence-corrected chi connectivity index (χ0v) is 13.7. The maximum Gasteiger partial charge on any atom is 0.233 e. The molecule has 1 amide bonds. The van der Waals surface area contributed by atoms with Crippen molar-refractivity contribution < 1.29 is 4.79 Å². The predicted molar refractivity (Wildman–Crippen MR) is 85.1 cm³/mol. The van der Waals surface area contributed by atoms with E-state index in [0.29, 0.717) is 11.2 Å². The van der Waals surface area contributed by atoms with Gasteiger partial charge in [-0.05, 0) is 55.2 Å². The van der Waals surface area contributed by atoms with Crippen LogP contribution in [0.2, 0.25) is 0 Å². The van der Waals surface area contributed by atoms with Gasteiger partial charge in [0.05, 0.1) is 10.9 Å². The van der Waals surface area contributed by atoms with Crippen LogP contribution in [0.5, 0.6) is 0 Å². The van der Waals surface area contributed by atoms with Crippen LogP contribution in [-0.2, 0) is 4.79 Å². The third kappa shape index (κ3) is 3.14. The van der Waals surface area contributed by atoms with E-state index in [4.69, 9.17) is 0 Å². The number of thioether (sulfide) groups is 1. The molecule has 1 fully saturated rings. The van der Waals surface area contributed by atoms with Gasteiger partial charge in [0.15, 0.2) is 0 Å². The topological polar surface area (TPSA) is 72.7 Å². The highest BCUT2D eigenvalue weighted by atomic mass is 32.2. The van der Waals surface area contributed by atoms with Gasteiger partial charge in [0, 0.05) is 6.04 Å². The van der Waals surface area contributed by atoms with E-state index in [2.05, 4.69) is 20.8 Å². The number of benzene rings is 1. The summed E-state index contributed by atoms with van der Waals surface area (Å²) in [5.41, 5.74) is 3.18. The lowest BCUT2D eigenvalue weighted by molar-refractivity contribution is -0.120. The third-order valence-corrected chi connectivity index (χ3v) is 4.70. The van der Waals surface area contributed by atoms with Gasteiger partial charge in [0.2, 0.25) is 11.1 Å². The van der Waals surface area contributed by atoms with Gasteiger partial charge in [-0.3, -0.25) is 4.79 Å². The number of rotatable bonds is 5. The molecule has 0 aliphatic heterocycles. The molecule has 0 unspecified atom stereocenters. The Hall–Kier alpha value is -1.89. The SMILES string of the molecule is Cc1cccc(C)c1-n1nnnc1S[C@H](C)C(=O)NC1CC1. The molecule has 1 aliphatic carbocycles. The van der Waals surface area contributed by atoms with E-state index in [-0.39, 0.29) is 11.2 Å². The number of nitrogens with zero attached hydrogens (tertiary/aromatic N) is 4. The second-order valence-corrected chi connectivity index (χ2v) is 6.96. The van der Waals surface area contributed by atoms with Crippen LogP contribution in [0.25, 0.3) is 5.69 Å². The van der Waals surface area contributed by atoms with E-state index < -0.39 is 0 Å². The minimum Gasteiger partial charge on any atom is -0.352 e. The monoisotopic (exact) mass is 317 g/mol. The Labute approximate surface area is 133 Å². The molecule has 0 radical (unpaired) electrons. The molecule has 1 aliphatic rings. The molecule has 0 spiro atoms. The Morgan fingerprint density at radius 3 is 2.68 bits per heavy atom.